The van der Waals surface area contributed by atoms with Gasteiger partial charge in [0, 0.05) is 31.6 Å². The maximum atomic E-state index is 13.2. The third-order valence-electron chi connectivity index (χ3n) is 5.37. The second-order valence-electron chi connectivity index (χ2n) is 9.68. The first-order valence-corrected chi connectivity index (χ1v) is 11.6. The molecule has 0 saturated heterocycles. The SMILES string of the molecule is COC(=O)C(C)CN1CC(=O)N(C)c2ccc(C#CCCC(C)NC(=O)OC(C)(C)C)cc2C1=O. The van der Waals surface area contributed by atoms with Crippen LogP contribution in [0.4, 0.5) is 10.5 Å². The minimum absolute atomic E-state index is 0.0724. The smallest absolute Gasteiger partial charge is 0.407 e. The number of hydrogen-bond donors (Lipinski definition) is 1. The third-order valence-corrected chi connectivity index (χ3v) is 5.37. The van der Waals surface area contributed by atoms with Crippen LogP contribution >= 0.6 is 0 Å². The highest BCUT2D eigenvalue weighted by Crippen LogP contribution is 2.26. The molecule has 3 amide bonds. The molecule has 1 heterocycles. The van der Waals surface area contributed by atoms with Gasteiger partial charge in [-0.1, -0.05) is 18.8 Å². The molecule has 0 fully saturated rings. The largest absolute Gasteiger partial charge is 0.469 e. The van der Waals surface area contributed by atoms with Gasteiger partial charge in [0.2, 0.25) is 5.91 Å². The van der Waals surface area contributed by atoms with Gasteiger partial charge in [0.1, 0.15) is 12.1 Å². The lowest BCUT2D eigenvalue weighted by Crippen LogP contribution is -2.41. The van der Waals surface area contributed by atoms with E-state index in [9.17, 15) is 19.2 Å². The van der Waals surface area contributed by atoms with Crippen molar-refractivity contribution in [3.8, 4) is 11.8 Å². The van der Waals surface area contributed by atoms with Crippen molar-refractivity contribution < 1.29 is 28.7 Å². The highest BCUT2D eigenvalue weighted by atomic mass is 16.6. The van der Waals surface area contributed by atoms with Gasteiger partial charge >= 0.3 is 12.1 Å². The number of nitrogens with one attached hydrogen (secondary N) is 1. The zero-order valence-corrected chi connectivity index (χ0v) is 21.6. The summed E-state index contributed by atoms with van der Waals surface area (Å²) in [5.41, 5.74) is 0.919. The molecular formula is C26H35N3O6. The Bertz CT molecular complexity index is 1030. The number of amides is 3. The lowest BCUT2D eigenvalue weighted by Gasteiger charge is -2.22. The van der Waals surface area contributed by atoms with E-state index in [4.69, 9.17) is 9.47 Å². The van der Waals surface area contributed by atoms with Crippen molar-refractivity contribution in [2.24, 2.45) is 5.92 Å². The van der Waals surface area contributed by atoms with E-state index in [-0.39, 0.29) is 30.9 Å². The number of nitrogens with zero attached hydrogens (tertiary/aromatic N) is 2. The number of likely N-dealkylation sites (N-methyl/N-ethyl adjacent to an activating group) is 1. The monoisotopic (exact) mass is 485 g/mol. The maximum absolute atomic E-state index is 13.2. The van der Waals surface area contributed by atoms with Crippen LogP contribution in [0.1, 0.15) is 63.4 Å². The molecule has 0 bridgehead atoms. The number of esters is 1. The topological polar surface area (TPSA) is 105 Å². The first-order valence-electron chi connectivity index (χ1n) is 11.6. The number of methoxy groups -OCH3 is 1. The molecule has 1 aliphatic rings. The Morgan fingerprint density at radius 3 is 2.51 bits per heavy atom. The molecule has 2 atom stereocenters. The van der Waals surface area contributed by atoms with Gasteiger partial charge in [-0.15, -0.1) is 0 Å². The van der Waals surface area contributed by atoms with Crippen molar-refractivity contribution in [1.29, 1.82) is 0 Å². The fraction of sp³-hybridized carbons (Fsp3) is 0.538. The normalized spacial score (nSPS) is 15.3. The number of carbonyl (C=O) groups is 4. The van der Waals surface area contributed by atoms with Gasteiger partial charge in [0.05, 0.1) is 24.3 Å². The summed E-state index contributed by atoms with van der Waals surface area (Å²) in [6.07, 6.45) is 0.697. The maximum Gasteiger partial charge on any atom is 0.407 e. The number of alkyl carbamates (subject to hydrolysis) is 1. The molecule has 1 aromatic carbocycles. The standard InChI is InChI=1S/C26H35N3O6/c1-17(24(32)34-7)15-29-16-22(30)28(6)21-13-12-19(14-20(21)23(29)31)11-9-8-10-18(2)27-25(33)35-26(3,4)5/h12-14,17-18H,8,10,15-16H2,1-7H3,(H,27,33). The van der Waals surface area contributed by atoms with E-state index < -0.39 is 23.6 Å². The highest BCUT2D eigenvalue weighted by Gasteiger charge is 2.32. The van der Waals surface area contributed by atoms with E-state index in [1.807, 2.05) is 6.92 Å². The molecule has 190 valence electrons. The average Bonchev–Trinajstić information content (AvgIpc) is 2.85. The van der Waals surface area contributed by atoms with Gasteiger partial charge in [-0.05, 0) is 52.3 Å². The molecule has 2 rings (SSSR count). The molecule has 0 aromatic heterocycles. The Morgan fingerprint density at radius 1 is 1.20 bits per heavy atom. The predicted molar refractivity (Wildman–Crippen MR) is 132 cm³/mol. The summed E-state index contributed by atoms with van der Waals surface area (Å²) in [5, 5.41) is 2.78. The molecule has 0 aliphatic carbocycles. The van der Waals surface area contributed by atoms with Crippen LogP contribution in [-0.2, 0) is 19.1 Å². The van der Waals surface area contributed by atoms with E-state index in [0.717, 1.165) is 0 Å². The van der Waals surface area contributed by atoms with Crippen molar-refractivity contribution in [3.63, 3.8) is 0 Å². The van der Waals surface area contributed by atoms with E-state index in [0.29, 0.717) is 29.7 Å². The molecule has 9 nitrogen and oxygen atoms in total. The Balaban J connectivity index is 2.11. The summed E-state index contributed by atoms with van der Waals surface area (Å²) in [6, 6.07) is 5.02. The first-order chi connectivity index (χ1) is 16.3. The van der Waals surface area contributed by atoms with Crippen LogP contribution in [0.15, 0.2) is 18.2 Å². The van der Waals surface area contributed by atoms with Crippen LogP contribution in [0.2, 0.25) is 0 Å². The Labute approximate surface area is 207 Å². The van der Waals surface area contributed by atoms with Crippen molar-refractivity contribution in [3.05, 3.63) is 29.3 Å². The van der Waals surface area contributed by atoms with E-state index >= 15 is 0 Å². The zero-order chi connectivity index (χ0) is 26.3. The molecular weight excluding hydrogens is 450 g/mol. The molecule has 1 N–H and O–H groups in total. The van der Waals surface area contributed by atoms with Crippen molar-refractivity contribution in [2.45, 2.75) is 59.1 Å². The number of benzene rings is 1. The van der Waals surface area contributed by atoms with Gasteiger partial charge in [0.15, 0.2) is 0 Å². The molecule has 0 spiro atoms. The van der Waals surface area contributed by atoms with Gasteiger partial charge in [-0.3, -0.25) is 14.4 Å². The summed E-state index contributed by atoms with van der Waals surface area (Å²) in [4.78, 5) is 52.4. The lowest BCUT2D eigenvalue weighted by atomic mass is 10.1. The van der Waals surface area contributed by atoms with Crippen LogP contribution in [0, 0.1) is 17.8 Å². The zero-order valence-electron chi connectivity index (χ0n) is 21.6. The number of carbonyl (C=O) groups excluding carboxylic acids is 4. The summed E-state index contributed by atoms with van der Waals surface area (Å²) >= 11 is 0. The number of hydrogen-bond acceptors (Lipinski definition) is 6. The lowest BCUT2D eigenvalue weighted by molar-refractivity contribution is -0.145. The van der Waals surface area contributed by atoms with Crippen molar-refractivity contribution in [2.75, 3.05) is 32.1 Å². The van der Waals surface area contributed by atoms with Crippen molar-refractivity contribution >= 4 is 29.6 Å². The Kier molecular flexibility index (Phi) is 9.29. The van der Waals surface area contributed by atoms with E-state index in [1.54, 1.807) is 52.9 Å². The number of rotatable bonds is 6. The number of fused-ring (bicyclic) bond motifs is 1. The second-order valence-corrected chi connectivity index (χ2v) is 9.68. The summed E-state index contributed by atoms with van der Waals surface area (Å²) < 4.78 is 10.00. The van der Waals surface area contributed by atoms with E-state index in [1.165, 1.54) is 16.9 Å². The highest BCUT2D eigenvalue weighted by molar-refractivity contribution is 6.09. The number of anilines is 1. The molecule has 2 unspecified atom stereocenters. The van der Waals surface area contributed by atoms with Crippen LogP contribution < -0.4 is 10.2 Å². The van der Waals surface area contributed by atoms with Gasteiger partial charge in [-0.2, -0.15) is 0 Å². The number of ether oxygens (including phenoxy) is 2. The van der Waals surface area contributed by atoms with Crippen LogP contribution in [0.25, 0.3) is 0 Å². The Morgan fingerprint density at radius 2 is 1.89 bits per heavy atom. The molecule has 9 heteroatoms. The summed E-state index contributed by atoms with van der Waals surface area (Å²) in [6.45, 7) is 8.89. The fourth-order valence-corrected chi connectivity index (χ4v) is 3.51. The predicted octanol–water partition coefficient (Wildman–Crippen LogP) is 2.96. The molecule has 0 radical (unpaired) electrons. The van der Waals surface area contributed by atoms with Crippen LogP contribution in [-0.4, -0.2) is 67.7 Å². The Hall–Kier alpha value is -3.54. The van der Waals surface area contributed by atoms with Gasteiger partial charge in [0.25, 0.3) is 5.91 Å². The van der Waals surface area contributed by atoms with Gasteiger partial charge in [-0.25, -0.2) is 4.79 Å². The first kappa shape index (κ1) is 27.7. The summed E-state index contributed by atoms with van der Waals surface area (Å²) in [5.74, 6) is 4.51. The van der Waals surface area contributed by atoms with Gasteiger partial charge < -0.3 is 24.6 Å². The minimum Gasteiger partial charge on any atom is -0.469 e. The molecule has 1 aliphatic heterocycles. The van der Waals surface area contributed by atoms with E-state index in [2.05, 4.69) is 17.2 Å². The molecule has 35 heavy (non-hydrogen) atoms. The summed E-state index contributed by atoms with van der Waals surface area (Å²) in [7, 11) is 2.91. The van der Waals surface area contributed by atoms with Crippen LogP contribution in [0.3, 0.4) is 0 Å². The molecule has 1 aromatic rings. The molecule has 0 saturated carbocycles. The second kappa shape index (κ2) is 11.7. The minimum atomic E-state index is -0.567. The average molecular weight is 486 g/mol. The van der Waals surface area contributed by atoms with Crippen LogP contribution in [0.5, 0.6) is 0 Å². The fourth-order valence-electron chi connectivity index (χ4n) is 3.51. The van der Waals surface area contributed by atoms with Crippen molar-refractivity contribution in [1.82, 2.24) is 10.2 Å². The third kappa shape index (κ3) is 8.02. The quantitative estimate of drug-likeness (QED) is 0.491.